The van der Waals surface area contributed by atoms with Gasteiger partial charge in [-0.2, -0.15) is 5.10 Å². The fourth-order valence-electron chi connectivity index (χ4n) is 3.78. The Kier molecular flexibility index (Phi) is 9.22. The summed E-state index contributed by atoms with van der Waals surface area (Å²) in [5.41, 5.74) is 7.14. The van der Waals surface area contributed by atoms with Crippen LogP contribution in [0.15, 0.2) is 83.1 Å². The third-order valence-corrected chi connectivity index (χ3v) is 7.04. The SMILES string of the molecule is COc1ccc(/C(C)=N\NC(=O)[C@H](C)Sc2nnc(CNc3ccc(C)cc3)n2-c2ccccc2)c(OC)c1. The number of hydrogen-bond donors (Lipinski definition) is 2. The largest absolute Gasteiger partial charge is 0.497 e. The van der Waals surface area contributed by atoms with Crippen LogP contribution in [0.5, 0.6) is 11.5 Å². The van der Waals surface area contributed by atoms with Crippen molar-refractivity contribution >= 4 is 29.1 Å². The summed E-state index contributed by atoms with van der Waals surface area (Å²) in [6, 6.07) is 23.5. The number of carbonyl (C=O) groups excluding carboxylic acids is 1. The molecule has 2 N–H and O–H groups in total. The van der Waals surface area contributed by atoms with Gasteiger partial charge >= 0.3 is 0 Å². The highest BCUT2D eigenvalue weighted by Crippen LogP contribution is 2.27. The van der Waals surface area contributed by atoms with Gasteiger partial charge in [0, 0.05) is 23.0 Å². The number of nitrogens with zero attached hydrogens (tertiary/aromatic N) is 4. The minimum absolute atomic E-state index is 0.256. The van der Waals surface area contributed by atoms with Crippen LogP contribution in [-0.2, 0) is 11.3 Å². The zero-order valence-electron chi connectivity index (χ0n) is 22.6. The van der Waals surface area contributed by atoms with Crippen molar-refractivity contribution in [3.8, 4) is 17.2 Å². The first-order chi connectivity index (χ1) is 18.9. The second-order valence-corrected chi connectivity index (χ2v) is 10.1. The van der Waals surface area contributed by atoms with Gasteiger partial charge in [0.15, 0.2) is 11.0 Å². The first-order valence-electron chi connectivity index (χ1n) is 12.4. The van der Waals surface area contributed by atoms with Crippen LogP contribution in [0.3, 0.4) is 0 Å². The molecule has 10 heteroatoms. The number of thioether (sulfide) groups is 1. The molecule has 1 amide bonds. The highest BCUT2D eigenvalue weighted by Gasteiger charge is 2.21. The van der Waals surface area contributed by atoms with Gasteiger partial charge in [0.25, 0.3) is 5.91 Å². The molecular weight excluding hydrogens is 512 g/mol. The Morgan fingerprint density at radius 1 is 1.03 bits per heavy atom. The Bertz CT molecular complexity index is 1440. The van der Waals surface area contributed by atoms with E-state index in [0.29, 0.717) is 28.9 Å². The van der Waals surface area contributed by atoms with Crippen molar-refractivity contribution < 1.29 is 14.3 Å². The number of ether oxygens (including phenoxy) is 2. The molecule has 0 aliphatic heterocycles. The summed E-state index contributed by atoms with van der Waals surface area (Å²) in [6.07, 6.45) is 0. The van der Waals surface area contributed by atoms with Gasteiger partial charge in [-0.1, -0.05) is 47.7 Å². The van der Waals surface area contributed by atoms with E-state index in [4.69, 9.17) is 9.47 Å². The van der Waals surface area contributed by atoms with E-state index in [9.17, 15) is 4.79 Å². The maximum Gasteiger partial charge on any atom is 0.253 e. The van der Waals surface area contributed by atoms with Gasteiger partial charge in [-0.05, 0) is 57.2 Å². The van der Waals surface area contributed by atoms with Gasteiger partial charge < -0.3 is 14.8 Å². The quantitative estimate of drug-likeness (QED) is 0.151. The Hall–Kier alpha value is -4.31. The first kappa shape index (κ1) is 27.7. The summed E-state index contributed by atoms with van der Waals surface area (Å²) < 4.78 is 12.7. The van der Waals surface area contributed by atoms with E-state index in [1.54, 1.807) is 20.3 Å². The van der Waals surface area contributed by atoms with Gasteiger partial charge in [-0.3, -0.25) is 9.36 Å². The zero-order chi connectivity index (χ0) is 27.8. The van der Waals surface area contributed by atoms with Crippen LogP contribution >= 0.6 is 11.8 Å². The molecule has 0 aliphatic rings. The summed E-state index contributed by atoms with van der Waals surface area (Å²) >= 11 is 1.32. The highest BCUT2D eigenvalue weighted by atomic mass is 32.2. The Balaban J connectivity index is 1.49. The van der Waals surface area contributed by atoms with Crippen LogP contribution < -0.4 is 20.2 Å². The van der Waals surface area contributed by atoms with Gasteiger partial charge in [0.1, 0.15) is 11.5 Å². The number of aromatic nitrogens is 3. The van der Waals surface area contributed by atoms with Crippen LogP contribution in [0.2, 0.25) is 0 Å². The maximum absolute atomic E-state index is 13.0. The molecule has 0 bridgehead atoms. The summed E-state index contributed by atoms with van der Waals surface area (Å²) in [5, 5.41) is 16.7. The van der Waals surface area contributed by atoms with Gasteiger partial charge in [0.2, 0.25) is 0 Å². The molecule has 4 rings (SSSR count). The molecule has 1 aromatic heterocycles. The summed E-state index contributed by atoms with van der Waals surface area (Å²) in [5.74, 6) is 1.76. The molecule has 0 saturated carbocycles. The lowest BCUT2D eigenvalue weighted by molar-refractivity contribution is -0.120. The number of methoxy groups -OCH3 is 2. The molecule has 39 heavy (non-hydrogen) atoms. The number of rotatable bonds is 11. The Morgan fingerprint density at radius 2 is 1.77 bits per heavy atom. The molecule has 3 aromatic carbocycles. The number of benzene rings is 3. The van der Waals surface area contributed by atoms with Crippen molar-refractivity contribution in [1.82, 2.24) is 20.2 Å². The molecule has 0 saturated heterocycles. The number of nitrogens with one attached hydrogen (secondary N) is 2. The van der Waals surface area contributed by atoms with Crippen LogP contribution in [0.1, 0.15) is 30.8 Å². The number of hydrogen-bond acceptors (Lipinski definition) is 8. The van der Waals surface area contributed by atoms with E-state index in [0.717, 1.165) is 22.8 Å². The predicted molar refractivity (Wildman–Crippen MR) is 155 cm³/mol. The third kappa shape index (κ3) is 6.97. The number of carbonyl (C=O) groups is 1. The third-order valence-electron chi connectivity index (χ3n) is 6.00. The summed E-state index contributed by atoms with van der Waals surface area (Å²) in [6.45, 7) is 6.15. The van der Waals surface area contributed by atoms with E-state index < -0.39 is 5.25 Å². The number of para-hydroxylation sites is 1. The van der Waals surface area contributed by atoms with Crippen molar-refractivity contribution in [3.63, 3.8) is 0 Å². The lowest BCUT2D eigenvalue weighted by Gasteiger charge is -2.14. The lowest BCUT2D eigenvalue weighted by Crippen LogP contribution is -2.28. The van der Waals surface area contributed by atoms with Gasteiger partial charge in [-0.15, -0.1) is 10.2 Å². The molecular formula is C29H32N6O3S. The average molecular weight is 545 g/mol. The van der Waals surface area contributed by atoms with Crippen molar-refractivity contribution in [2.45, 2.75) is 37.7 Å². The normalized spacial score (nSPS) is 12.1. The van der Waals surface area contributed by atoms with E-state index in [1.165, 1.54) is 17.3 Å². The van der Waals surface area contributed by atoms with Crippen molar-refractivity contribution in [1.29, 1.82) is 0 Å². The fourth-order valence-corrected chi connectivity index (χ4v) is 4.66. The van der Waals surface area contributed by atoms with Crippen molar-refractivity contribution in [2.24, 2.45) is 5.10 Å². The van der Waals surface area contributed by atoms with E-state index >= 15 is 0 Å². The summed E-state index contributed by atoms with van der Waals surface area (Å²) in [7, 11) is 3.17. The molecule has 1 heterocycles. The second-order valence-electron chi connectivity index (χ2n) is 8.79. The molecule has 0 aliphatic carbocycles. The van der Waals surface area contributed by atoms with Crippen LogP contribution in [0.25, 0.3) is 5.69 Å². The van der Waals surface area contributed by atoms with E-state index in [-0.39, 0.29) is 5.91 Å². The maximum atomic E-state index is 13.0. The number of amides is 1. The van der Waals surface area contributed by atoms with E-state index in [1.807, 2.05) is 73.0 Å². The predicted octanol–water partition coefficient (Wildman–Crippen LogP) is 5.23. The Morgan fingerprint density at radius 3 is 2.46 bits per heavy atom. The standard InChI is InChI=1S/C29H32N6O3S/c1-19-11-13-22(14-12-19)30-18-27-32-34-29(35(27)23-9-7-6-8-10-23)39-21(3)28(36)33-31-20(2)25-16-15-24(37-4)17-26(25)38-5/h6-17,21,30H,18H2,1-5H3,(H,33,36)/b31-20-/t21-/m0/s1. The van der Waals surface area contributed by atoms with Gasteiger partial charge in [0.05, 0.1) is 31.7 Å². The molecule has 1 atom stereocenters. The number of anilines is 1. The smallest absolute Gasteiger partial charge is 0.253 e. The van der Waals surface area contributed by atoms with Crippen molar-refractivity contribution in [3.05, 3.63) is 89.7 Å². The zero-order valence-corrected chi connectivity index (χ0v) is 23.5. The fraction of sp³-hybridized carbons (Fsp3) is 0.241. The minimum Gasteiger partial charge on any atom is -0.497 e. The molecule has 9 nitrogen and oxygen atoms in total. The molecule has 0 spiro atoms. The number of aryl methyl sites for hydroxylation is 1. The van der Waals surface area contributed by atoms with Crippen LogP contribution in [0, 0.1) is 6.92 Å². The monoisotopic (exact) mass is 544 g/mol. The Labute approximate surface area is 232 Å². The van der Waals surface area contributed by atoms with Crippen LogP contribution in [-0.4, -0.2) is 45.9 Å². The lowest BCUT2D eigenvalue weighted by atomic mass is 10.1. The molecule has 0 unspecified atom stereocenters. The highest BCUT2D eigenvalue weighted by molar-refractivity contribution is 8.00. The molecule has 0 radical (unpaired) electrons. The first-order valence-corrected chi connectivity index (χ1v) is 13.3. The van der Waals surface area contributed by atoms with Crippen molar-refractivity contribution in [2.75, 3.05) is 19.5 Å². The molecule has 0 fully saturated rings. The molecule has 202 valence electrons. The summed E-state index contributed by atoms with van der Waals surface area (Å²) in [4.78, 5) is 13.0. The van der Waals surface area contributed by atoms with E-state index in [2.05, 4.69) is 45.1 Å². The molecule has 4 aromatic rings. The van der Waals surface area contributed by atoms with Gasteiger partial charge in [-0.25, -0.2) is 5.43 Å². The van der Waals surface area contributed by atoms with Crippen LogP contribution in [0.4, 0.5) is 5.69 Å². The average Bonchev–Trinajstić information content (AvgIpc) is 3.37. The topological polar surface area (TPSA) is 103 Å². The minimum atomic E-state index is -0.483. The second kappa shape index (κ2) is 13.0. The number of hydrazone groups is 1.